The Morgan fingerprint density at radius 3 is 2.30 bits per heavy atom. The number of benzene rings is 2. The second-order valence-electron chi connectivity index (χ2n) is 6.65. The predicted octanol–water partition coefficient (Wildman–Crippen LogP) is 2.33. The summed E-state index contributed by atoms with van der Waals surface area (Å²) < 4.78 is 51.8. The highest BCUT2D eigenvalue weighted by Crippen LogP contribution is 2.30. The van der Waals surface area contributed by atoms with Gasteiger partial charge < -0.3 is 14.8 Å². The Balaban J connectivity index is 2.25. The Labute approximate surface area is 176 Å². The molecule has 2 aromatic rings. The molecule has 10 heteroatoms. The van der Waals surface area contributed by atoms with Crippen LogP contribution in [0.2, 0.25) is 0 Å². The molecule has 0 aromatic heterocycles. The van der Waals surface area contributed by atoms with E-state index in [4.69, 9.17) is 9.47 Å². The lowest BCUT2D eigenvalue weighted by Crippen LogP contribution is -2.46. The molecule has 8 nitrogen and oxygen atoms in total. The van der Waals surface area contributed by atoms with Crippen LogP contribution in [0.1, 0.15) is 18.5 Å². The second-order valence-corrected chi connectivity index (χ2v) is 8.72. The van der Waals surface area contributed by atoms with E-state index in [9.17, 15) is 17.6 Å². The molecule has 30 heavy (non-hydrogen) atoms. The Bertz CT molecular complexity index is 998. The van der Waals surface area contributed by atoms with E-state index in [1.807, 2.05) is 0 Å². The standard InChI is InChI=1S/C20H26FN3O5S/c1-14(15-10-11-18(28-4)19(12-15)29-5)22-20(25)13-24(30(26,27)23(2)3)17-9-7-6-8-16(17)21/h6-12,14H,13H2,1-5H3,(H,22,25)/t14-/m1/s1. The number of hydrogen-bond acceptors (Lipinski definition) is 5. The number of carbonyl (C=O) groups is 1. The van der Waals surface area contributed by atoms with Gasteiger partial charge in [-0.05, 0) is 36.8 Å². The van der Waals surface area contributed by atoms with Crippen molar-refractivity contribution < 1.29 is 27.1 Å². The van der Waals surface area contributed by atoms with Crippen LogP contribution in [0.3, 0.4) is 0 Å². The molecule has 0 unspecified atom stereocenters. The van der Waals surface area contributed by atoms with Crippen molar-refractivity contribution in [3.8, 4) is 11.5 Å². The molecule has 0 fully saturated rings. The summed E-state index contributed by atoms with van der Waals surface area (Å²) >= 11 is 0. The van der Waals surface area contributed by atoms with E-state index in [1.165, 1.54) is 46.5 Å². The number of carbonyl (C=O) groups excluding carboxylic acids is 1. The lowest BCUT2D eigenvalue weighted by atomic mass is 10.1. The highest BCUT2D eigenvalue weighted by molar-refractivity contribution is 7.90. The van der Waals surface area contributed by atoms with Gasteiger partial charge in [0.05, 0.1) is 25.9 Å². The van der Waals surface area contributed by atoms with Crippen molar-refractivity contribution in [1.82, 2.24) is 9.62 Å². The zero-order valence-electron chi connectivity index (χ0n) is 17.5. The van der Waals surface area contributed by atoms with E-state index < -0.39 is 34.5 Å². The van der Waals surface area contributed by atoms with Gasteiger partial charge in [0.2, 0.25) is 5.91 Å². The molecule has 0 heterocycles. The first-order valence-corrected chi connectivity index (χ1v) is 10.5. The molecule has 0 saturated carbocycles. The number of rotatable bonds is 9. The summed E-state index contributed by atoms with van der Waals surface area (Å²) in [6, 6.07) is 10.1. The number of nitrogens with zero attached hydrogens (tertiary/aromatic N) is 2. The summed E-state index contributed by atoms with van der Waals surface area (Å²) in [7, 11) is 1.55. The van der Waals surface area contributed by atoms with Crippen LogP contribution in [0.15, 0.2) is 42.5 Å². The van der Waals surface area contributed by atoms with E-state index in [0.717, 1.165) is 20.2 Å². The minimum absolute atomic E-state index is 0.208. The van der Waals surface area contributed by atoms with Crippen LogP contribution >= 0.6 is 0 Å². The molecule has 2 aromatic carbocycles. The van der Waals surface area contributed by atoms with Crippen molar-refractivity contribution in [1.29, 1.82) is 0 Å². The molecule has 1 amide bonds. The molecule has 164 valence electrons. The van der Waals surface area contributed by atoms with Gasteiger partial charge >= 0.3 is 10.2 Å². The number of nitrogens with one attached hydrogen (secondary N) is 1. The van der Waals surface area contributed by atoms with Gasteiger partial charge in [-0.15, -0.1) is 0 Å². The fourth-order valence-electron chi connectivity index (χ4n) is 2.77. The van der Waals surface area contributed by atoms with Crippen molar-refractivity contribution in [3.05, 3.63) is 53.8 Å². The van der Waals surface area contributed by atoms with Gasteiger partial charge in [0.1, 0.15) is 12.4 Å². The van der Waals surface area contributed by atoms with E-state index >= 15 is 0 Å². The van der Waals surface area contributed by atoms with Crippen molar-refractivity contribution in [2.45, 2.75) is 13.0 Å². The highest BCUT2D eigenvalue weighted by Gasteiger charge is 2.29. The summed E-state index contributed by atoms with van der Waals surface area (Å²) in [5.74, 6) is -0.295. The zero-order chi connectivity index (χ0) is 22.5. The number of ether oxygens (including phenoxy) is 2. The maximum absolute atomic E-state index is 14.3. The number of para-hydroxylation sites is 1. The molecule has 0 aliphatic rings. The SMILES string of the molecule is COc1ccc([C@@H](C)NC(=O)CN(c2ccccc2F)S(=O)(=O)N(C)C)cc1OC. The number of hydrogen-bond donors (Lipinski definition) is 1. The van der Waals surface area contributed by atoms with Gasteiger partial charge in [-0.3, -0.25) is 4.79 Å². The molecule has 0 radical (unpaired) electrons. The van der Waals surface area contributed by atoms with Crippen LogP contribution in [0.5, 0.6) is 11.5 Å². The third-order valence-electron chi connectivity index (χ3n) is 4.43. The number of methoxy groups -OCH3 is 2. The van der Waals surface area contributed by atoms with E-state index in [0.29, 0.717) is 11.5 Å². The van der Waals surface area contributed by atoms with Gasteiger partial charge in [-0.1, -0.05) is 18.2 Å². The second kappa shape index (κ2) is 9.77. The number of amides is 1. The molecule has 0 aliphatic heterocycles. The first-order valence-electron chi connectivity index (χ1n) is 9.07. The van der Waals surface area contributed by atoms with Crippen LogP contribution in [0.25, 0.3) is 0 Å². The zero-order valence-corrected chi connectivity index (χ0v) is 18.4. The Hall–Kier alpha value is -2.85. The molecule has 1 N–H and O–H groups in total. The quantitative estimate of drug-likeness (QED) is 0.648. The monoisotopic (exact) mass is 439 g/mol. The molecule has 1 atom stereocenters. The molecule has 0 saturated heterocycles. The lowest BCUT2D eigenvalue weighted by Gasteiger charge is -2.27. The normalized spacial score (nSPS) is 12.4. The Kier molecular flexibility index (Phi) is 7.63. The third-order valence-corrected chi connectivity index (χ3v) is 6.24. The van der Waals surface area contributed by atoms with Crippen LogP contribution in [-0.2, 0) is 15.0 Å². The van der Waals surface area contributed by atoms with Gasteiger partial charge in [0, 0.05) is 14.1 Å². The van der Waals surface area contributed by atoms with Gasteiger partial charge in [0.15, 0.2) is 11.5 Å². The summed E-state index contributed by atoms with van der Waals surface area (Å²) in [4.78, 5) is 12.7. The van der Waals surface area contributed by atoms with Crippen molar-refractivity contribution >= 4 is 21.8 Å². The predicted molar refractivity (Wildman–Crippen MR) is 112 cm³/mol. The molecule has 0 spiro atoms. The average Bonchev–Trinajstić information content (AvgIpc) is 2.71. The summed E-state index contributed by atoms with van der Waals surface area (Å²) in [6.45, 7) is 1.16. The van der Waals surface area contributed by atoms with Crippen LogP contribution in [0.4, 0.5) is 10.1 Å². The highest BCUT2D eigenvalue weighted by atomic mass is 32.2. The minimum Gasteiger partial charge on any atom is -0.493 e. The first kappa shape index (κ1) is 23.4. The molecular weight excluding hydrogens is 413 g/mol. The third kappa shape index (κ3) is 5.19. The lowest BCUT2D eigenvalue weighted by molar-refractivity contribution is -0.120. The van der Waals surface area contributed by atoms with Crippen LogP contribution in [0, 0.1) is 5.82 Å². The summed E-state index contributed by atoms with van der Waals surface area (Å²) in [6.07, 6.45) is 0. The van der Waals surface area contributed by atoms with Crippen LogP contribution < -0.4 is 19.1 Å². The van der Waals surface area contributed by atoms with Crippen molar-refractivity contribution in [3.63, 3.8) is 0 Å². The van der Waals surface area contributed by atoms with E-state index in [-0.39, 0.29) is 5.69 Å². The number of anilines is 1. The molecule has 2 rings (SSSR count). The van der Waals surface area contributed by atoms with Gasteiger partial charge in [0.25, 0.3) is 0 Å². The van der Waals surface area contributed by atoms with E-state index in [2.05, 4.69) is 5.32 Å². The molecule has 0 aliphatic carbocycles. The van der Waals surface area contributed by atoms with Crippen molar-refractivity contribution in [2.75, 3.05) is 39.2 Å². The maximum atomic E-state index is 14.3. The maximum Gasteiger partial charge on any atom is 0.304 e. The fourth-order valence-corrected chi connectivity index (χ4v) is 3.84. The average molecular weight is 440 g/mol. The molecule has 0 bridgehead atoms. The molecular formula is C20H26FN3O5S. The first-order chi connectivity index (χ1) is 14.1. The fraction of sp³-hybridized carbons (Fsp3) is 0.350. The van der Waals surface area contributed by atoms with Crippen LogP contribution in [-0.4, -0.2) is 53.5 Å². The number of halogens is 1. The minimum atomic E-state index is -4.10. The van der Waals surface area contributed by atoms with Gasteiger partial charge in [-0.25, -0.2) is 8.70 Å². The summed E-state index contributed by atoms with van der Waals surface area (Å²) in [5.41, 5.74) is 0.522. The smallest absolute Gasteiger partial charge is 0.304 e. The topological polar surface area (TPSA) is 88.2 Å². The van der Waals surface area contributed by atoms with E-state index in [1.54, 1.807) is 25.1 Å². The largest absolute Gasteiger partial charge is 0.493 e. The summed E-state index contributed by atoms with van der Waals surface area (Å²) in [5, 5.41) is 2.73. The van der Waals surface area contributed by atoms with Gasteiger partial charge in [-0.2, -0.15) is 12.7 Å². The Morgan fingerprint density at radius 2 is 1.73 bits per heavy atom. The van der Waals surface area contributed by atoms with Crippen molar-refractivity contribution in [2.24, 2.45) is 0 Å². The Morgan fingerprint density at radius 1 is 1.10 bits per heavy atom.